The van der Waals surface area contributed by atoms with Crippen molar-refractivity contribution < 1.29 is 13.5 Å². The fourth-order valence-electron chi connectivity index (χ4n) is 3.42. The van der Waals surface area contributed by atoms with E-state index in [2.05, 4.69) is 30.2 Å². The van der Waals surface area contributed by atoms with Crippen LogP contribution in [-0.2, 0) is 16.6 Å². The fraction of sp³-hybridized carbons (Fsp3) is 0.353. The minimum Gasteiger partial charge on any atom is -0.396 e. The standard InChI is InChI=1S/C17H21N7O3S/c18-28(26,27)13-2-1-12(7-24-4-3-11(6-24)8-25)14(5-13)23-17-15-16(20-9-19-15)21-10-22-17/h1-2,5,9-11,25H,3-4,6-8H2,(H2,18,26,27)(H2,19,20,21,22,23). The predicted octanol–water partition coefficient (Wildman–Crippen LogP) is 0.558. The van der Waals surface area contributed by atoms with Crippen LogP contribution in [-0.4, -0.2) is 58.1 Å². The highest BCUT2D eigenvalue weighted by Gasteiger charge is 2.23. The van der Waals surface area contributed by atoms with E-state index in [1.54, 1.807) is 6.07 Å². The number of benzene rings is 1. The molecule has 1 aliphatic heterocycles. The number of nitrogens with two attached hydrogens (primary N) is 1. The van der Waals surface area contributed by atoms with Crippen molar-refractivity contribution in [2.75, 3.05) is 25.0 Å². The average Bonchev–Trinajstić information content (AvgIpc) is 3.31. The highest BCUT2D eigenvalue weighted by atomic mass is 32.2. The molecule has 10 nitrogen and oxygen atoms in total. The zero-order chi connectivity index (χ0) is 19.7. The van der Waals surface area contributed by atoms with E-state index in [1.807, 2.05) is 0 Å². The molecule has 1 atom stereocenters. The van der Waals surface area contributed by atoms with Crippen molar-refractivity contribution >= 4 is 32.7 Å². The molecule has 3 heterocycles. The number of nitrogens with one attached hydrogen (secondary N) is 2. The zero-order valence-corrected chi connectivity index (χ0v) is 15.9. The van der Waals surface area contributed by atoms with Gasteiger partial charge in [-0.2, -0.15) is 0 Å². The number of fused-ring (bicyclic) bond motifs is 1. The molecule has 1 aliphatic rings. The van der Waals surface area contributed by atoms with Gasteiger partial charge in [0, 0.05) is 25.4 Å². The van der Waals surface area contributed by atoms with Gasteiger partial charge in [0.1, 0.15) is 11.8 Å². The second-order valence-electron chi connectivity index (χ2n) is 6.88. The number of aromatic nitrogens is 4. The maximum atomic E-state index is 11.8. The maximum Gasteiger partial charge on any atom is 0.238 e. The Labute approximate surface area is 161 Å². The van der Waals surface area contributed by atoms with Crippen molar-refractivity contribution in [1.82, 2.24) is 24.8 Å². The van der Waals surface area contributed by atoms with Gasteiger partial charge < -0.3 is 15.4 Å². The monoisotopic (exact) mass is 403 g/mol. The van der Waals surface area contributed by atoms with Crippen molar-refractivity contribution in [1.29, 1.82) is 0 Å². The third kappa shape index (κ3) is 3.83. The van der Waals surface area contributed by atoms with E-state index in [9.17, 15) is 13.5 Å². The molecule has 0 amide bonds. The van der Waals surface area contributed by atoms with E-state index < -0.39 is 10.0 Å². The van der Waals surface area contributed by atoms with Crippen LogP contribution in [0, 0.1) is 5.92 Å². The van der Waals surface area contributed by atoms with E-state index in [1.165, 1.54) is 24.8 Å². The van der Waals surface area contributed by atoms with E-state index >= 15 is 0 Å². The van der Waals surface area contributed by atoms with Gasteiger partial charge in [-0.05, 0) is 36.6 Å². The number of likely N-dealkylation sites (tertiary alicyclic amines) is 1. The first-order valence-electron chi connectivity index (χ1n) is 8.84. The van der Waals surface area contributed by atoms with Crippen LogP contribution in [0.25, 0.3) is 11.2 Å². The summed E-state index contributed by atoms with van der Waals surface area (Å²) >= 11 is 0. The lowest BCUT2D eigenvalue weighted by molar-refractivity contribution is 0.220. The van der Waals surface area contributed by atoms with Crippen molar-refractivity contribution in [3.63, 3.8) is 0 Å². The number of nitrogens with zero attached hydrogens (tertiary/aromatic N) is 4. The summed E-state index contributed by atoms with van der Waals surface area (Å²) in [6.45, 7) is 2.46. The lowest BCUT2D eigenvalue weighted by Gasteiger charge is -2.19. The number of hydrogen-bond donors (Lipinski definition) is 4. The summed E-state index contributed by atoms with van der Waals surface area (Å²) in [5.41, 5.74) is 2.62. The quantitative estimate of drug-likeness (QED) is 0.466. The lowest BCUT2D eigenvalue weighted by atomic mass is 10.1. The Morgan fingerprint density at radius 2 is 2.18 bits per heavy atom. The Morgan fingerprint density at radius 3 is 2.93 bits per heavy atom. The molecular weight excluding hydrogens is 382 g/mol. The van der Waals surface area contributed by atoms with E-state index in [-0.39, 0.29) is 17.4 Å². The number of primary sulfonamides is 1. The molecule has 1 saturated heterocycles. The molecule has 0 radical (unpaired) electrons. The van der Waals surface area contributed by atoms with E-state index in [4.69, 9.17) is 5.14 Å². The molecule has 28 heavy (non-hydrogen) atoms. The number of imidazole rings is 1. The number of sulfonamides is 1. The van der Waals surface area contributed by atoms with Gasteiger partial charge in [0.2, 0.25) is 10.0 Å². The Hall–Kier alpha value is -2.60. The lowest BCUT2D eigenvalue weighted by Crippen LogP contribution is -2.22. The molecule has 0 bridgehead atoms. The highest BCUT2D eigenvalue weighted by Crippen LogP contribution is 2.28. The van der Waals surface area contributed by atoms with Gasteiger partial charge in [-0.1, -0.05) is 6.07 Å². The second kappa shape index (κ2) is 7.43. The topological polar surface area (TPSA) is 150 Å². The summed E-state index contributed by atoms with van der Waals surface area (Å²) in [6, 6.07) is 4.76. The molecule has 3 aromatic rings. The highest BCUT2D eigenvalue weighted by molar-refractivity contribution is 7.89. The Morgan fingerprint density at radius 1 is 1.32 bits per heavy atom. The largest absolute Gasteiger partial charge is 0.396 e. The summed E-state index contributed by atoms with van der Waals surface area (Å²) < 4.78 is 23.6. The Kier molecular flexibility index (Phi) is 4.98. The second-order valence-corrected chi connectivity index (χ2v) is 8.45. The van der Waals surface area contributed by atoms with Crippen molar-refractivity contribution in [2.24, 2.45) is 11.1 Å². The molecule has 0 spiro atoms. The third-order valence-electron chi connectivity index (χ3n) is 4.91. The predicted molar refractivity (Wildman–Crippen MR) is 103 cm³/mol. The van der Waals surface area contributed by atoms with Gasteiger partial charge in [-0.3, -0.25) is 4.90 Å². The molecule has 2 aromatic heterocycles. The van der Waals surface area contributed by atoms with Gasteiger partial charge in [-0.15, -0.1) is 0 Å². The third-order valence-corrected chi connectivity index (χ3v) is 5.82. The number of rotatable bonds is 6. The Balaban J connectivity index is 1.69. The smallest absolute Gasteiger partial charge is 0.238 e. The molecule has 11 heteroatoms. The van der Waals surface area contributed by atoms with Crippen molar-refractivity contribution in [3.05, 3.63) is 36.4 Å². The molecule has 1 fully saturated rings. The molecule has 0 aliphatic carbocycles. The molecule has 1 unspecified atom stereocenters. The summed E-state index contributed by atoms with van der Waals surface area (Å²) in [4.78, 5) is 17.7. The van der Waals surface area contributed by atoms with Crippen LogP contribution in [0.15, 0.2) is 35.7 Å². The average molecular weight is 403 g/mol. The maximum absolute atomic E-state index is 11.8. The Bertz CT molecular complexity index is 1100. The first-order valence-corrected chi connectivity index (χ1v) is 10.4. The van der Waals surface area contributed by atoms with Crippen LogP contribution in [0.3, 0.4) is 0 Å². The number of anilines is 2. The van der Waals surface area contributed by atoms with Crippen molar-refractivity contribution in [2.45, 2.75) is 17.9 Å². The molecule has 4 rings (SSSR count). The first-order chi connectivity index (χ1) is 13.4. The van der Waals surface area contributed by atoms with E-state index in [0.717, 1.165) is 25.1 Å². The van der Waals surface area contributed by atoms with Gasteiger partial charge in [0.25, 0.3) is 0 Å². The summed E-state index contributed by atoms with van der Waals surface area (Å²) in [7, 11) is -3.85. The number of aromatic amines is 1. The number of hydrogen-bond acceptors (Lipinski definition) is 8. The van der Waals surface area contributed by atoms with Crippen LogP contribution in [0.2, 0.25) is 0 Å². The van der Waals surface area contributed by atoms with Gasteiger partial charge in [-0.25, -0.2) is 28.5 Å². The van der Waals surface area contributed by atoms with Crippen LogP contribution in [0.5, 0.6) is 0 Å². The first kappa shape index (κ1) is 18.7. The van der Waals surface area contributed by atoms with Crippen LogP contribution >= 0.6 is 0 Å². The van der Waals surface area contributed by atoms with Crippen LogP contribution < -0.4 is 10.5 Å². The van der Waals surface area contributed by atoms with E-state index in [0.29, 0.717) is 29.2 Å². The van der Waals surface area contributed by atoms with Gasteiger partial charge in [0.15, 0.2) is 11.5 Å². The molecule has 148 valence electrons. The SMILES string of the molecule is NS(=O)(=O)c1ccc(CN2CCC(CO)C2)c(Nc2ncnc3nc[nH]c23)c1. The molecule has 1 aromatic carbocycles. The minimum atomic E-state index is -3.85. The van der Waals surface area contributed by atoms with Gasteiger partial charge in [0.05, 0.1) is 11.2 Å². The summed E-state index contributed by atoms with van der Waals surface area (Å²) in [5.74, 6) is 0.761. The van der Waals surface area contributed by atoms with Crippen LogP contribution in [0.4, 0.5) is 11.5 Å². The summed E-state index contributed by atoms with van der Waals surface area (Å²) in [6.07, 6.45) is 3.85. The molecular formula is C17H21N7O3S. The normalized spacial score (nSPS) is 18.0. The summed E-state index contributed by atoms with van der Waals surface area (Å²) in [5, 5.41) is 17.9. The van der Waals surface area contributed by atoms with Crippen LogP contribution in [0.1, 0.15) is 12.0 Å². The molecule has 5 N–H and O–H groups in total. The number of aliphatic hydroxyl groups excluding tert-OH is 1. The fourth-order valence-corrected chi connectivity index (χ4v) is 3.96. The molecule has 0 saturated carbocycles. The zero-order valence-electron chi connectivity index (χ0n) is 15.0. The van der Waals surface area contributed by atoms with Gasteiger partial charge >= 0.3 is 0 Å². The minimum absolute atomic E-state index is 0.0170. The number of H-pyrrole nitrogens is 1. The number of aliphatic hydroxyl groups is 1. The van der Waals surface area contributed by atoms with Crippen molar-refractivity contribution in [3.8, 4) is 0 Å².